The van der Waals surface area contributed by atoms with E-state index in [-0.39, 0.29) is 18.4 Å². The van der Waals surface area contributed by atoms with Gasteiger partial charge in [-0.2, -0.15) is 0 Å². The molecular formula is C19H17ClF2N2O2S. The quantitative estimate of drug-likeness (QED) is 0.820. The molecule has 1 heterocycles. The van der Waals surface area contributed by atoms with E-state index in [9.17, 15) is 18.4 Å². The van der Waals surface area contributed by atoms with Crippen molar-refractivity contribution in [2.75, 3.05) is 18.2 Å². The molecule has 0 aliphatic carbocycles. The first-order chi connectivity index (χ1) is 12.9. The average molecular weight is 411 g/mol. The van der Waals surface area contributed by atoms with Crippen LogP contribution in [0.4, 0.5) is 8.78 Å². The number of carbonyl (C=O) groups excluding carboxylic acids is 2. The SMILES string of the molecule is O=C(NCCc1cc(F)cc(F)c1)C1CSCN1C(=O)c1ccc(Cl)cc1. The first-order valence-corrected chi connectivity index (χ1v) is 9.84. The van der Waals surface area contributed by atoms with E-state index in [1.807, 2.05) is 0 Å². The molecule has 0 radical (unpaired) electrons. The number of hydrogen-bond acceptors (Lipinski definition) is 3. The van der Waals surface area contributed by atoms with Crippen molar-refractivity contribution in [3.63, 3.8) is 0 Å². The van der Waals surface area contributed by atoms with Gasteiger partial charge < -0.3 is 10.2 Å². The fourth-order valence-corrected chi connectivity index (χ4v) is 4.10. The lowest BCUT2D eigenvalue weighted by molar-refractivity contribution is -0.124. The number of hydrogen-bond donors (Lipinski definition) is 1. The normalized spacial score (nSPS) is 16.4. The minimum atomic E-state index is -0.650. The molecule has 1 aliphatic rings. The first-order valence-electron chi connectivity index (χ1n) is 8.31. The summed E-state index contributed by atoms with van der Waals surface area (Å²) in [7, 11) is 0. The lowest BCUT2D eigenvalue weighted by Gasteiger charge is -2.23. The van der Waals surface area contributed by atoms with Crippen LogP contribution in [0.2, 0.25) is 5.02 Å². The van der Waals surface area contributed by atoms with Gasteiger partial charge in [-0.25, -0.2) is 8.78 Å². The van der Waals surface area contributed by atoms with Crippen LogP contribution in [0.15, 0.2) is 42.5 Å². The van der Waals surface area contributed by atoms with Crippen molar-refractivity contribution >= 4 is 35.2 Å². The molecule has 1 N–H and O–H groups in total. The van der Waals surface area contributed by atoms with Gasteiger partial charge in [0.05, 0.1) is 5.88 Å². The zero-order valence-electron chi connectivity index (χ0n) is 14.3. The summed E-state index contributed by atoms with van der Waals surface area (Å²) in [6.07, 6.45) is 0.297. The van der Waals surface area contributed by atoms with Gasteiger partial charge in [0, 0.05) is 29.0 Å². The number of rotatable bonds is 5. The number of nitrogens with one attached hydrogen (secondary N) is 1. The molecule has 2 aromatic rings. The standard InChI is InChI=1S/C19H17ClF2N2O2S/c20-14-3-1-13(2-4-14)19(26)24-11-27-10-17(24)18(25)23-6-5-12-7-15(21)9-16(22)8-12/h1-4,7-9,17H,5-6,10-11H2,(H,23,25). The number of nitrogens with zero attached hydrogens (tertiary/aromatic N) is 1. The minimum absolute atomic E-state index is 0.228. The van der Waals surface area contributed by atoms with Gasteiger partial charge in [-0.05, 0) is 48.4 Å². The summed E-state index contributed by atoms with van der Waals surface area (Å²) >= 11 is 7.34. The molecule has 0 bridgehead atoms. The molecule has 8 heteroatoms. The highest BCUT2D eigenvalue weighted by molar-refractivity contribution is 7.99. The molecule has 1 saturated heterocycles. The molecule has 27 heavy (non-hydrogen) atoms. The van der Waals surface area contributed by atoms with Crippen molar-refractivity contribution in [3.05, 3.63) is 70.2 Å². The van der Waals surface area contributed by atoms with Crippen molar-refractivity contribution in [3.8, 4) is 0 Å². The Labute approximate surface area is 164 Å². The van der Waals surface area contributed by atoms with Crippen LogP contribution in [0.1, 0.15) is 15.9 Å². The Morgan fingerprint density at radius 1 is 1.15 bits per heavy atom. The summed E-state index contributed by atoms with van der Waals surface area (Å²) in [6.45, 7) is 0.228. The largest absolute Gasteiger partial charge is 0.354 e. The second-order valence-electron chi connectivity index (χ2n) is 6.12. The lowest BCUT2D eigenvalue weighted by Crippen LogP contribution is -2.47. The Bertz CT molecular complexity index is 828. The van der Waals surface area contributed by atoms with Crippen molar-refractivity contribution < 1.29 is 18.4 Å². The van der Waals surface area contributed by atoms with Crippen LogP contribution in [-0.2, 0) is 11.2 Å². The molecule has 1 atom stereocenters. The van der Waals surface area contributed by atoms with Crippen molar-refractivity contribution in [1.82, 2.24) is 10.2 Å². The zero-order chi connectivity index (χ0) is 19.4. The smallest absolute Gasteiger partial charge is 0.255 e. The minimum Gasteiger partial charge on any atom is -0.354 e. The number of halogens is 3. The average Bonchev–Trinajstić information content (AvgIpc) is 3.10. The summed E-state index contributed by atoms with van der Waals surface area (Å²) in [4.78, 5) is 26.7. The fraction of sp³-hybridized carbons (Fsp3) is 0.263. The fourth-order valence-electron chi connectivity index (χ4n) is 2.82. The summed E-state index contributed by atoms with van der Waals surface area (Å²) in [5.41, 5.74) is 0.928. The van der Waals surface area contributed by atoms with Gasteiger partial charge >= 0.3 is 0 Å². The van der Waals surface area contributed by atoms with E-state index in [1.54, 1.807) is 24.3 Å². The van der Waals surface area contributed by atoms with Gasteiger partial charge in [0.15, 0.2) is 0 Å². The van der Waals surface area contributed by atoms with Crippen LogP contribution in [0, 0.1) is 11.6 Å². The second kappa shape index (κ2) is 8.71. The Morgan fingerprint density at radius 3 is 2.48 bits per heavy atom. The van der Waals surface area contributed by atoms with Gasteiger partial charge in [0.25, 0.3) is 5.91 Å². The third-order valence-electron chi connectivity index (χ3n) is 4.17. The summed E-state index contributed by atoms with van der Waals surface area (Å²) in [5, 5.41) is 3.28. The van der Waals surface area contributed by atoms with E-state index in [1.165, 1.54) is 28.8 Å². The molecule has 4 nitrogen and oxygen atoms in total. The molecule has 0 spiro atoms. The molecule has 0 aromatic heterocycles. The van der Waals surface area contributed by atoms with Crippen LogP contribution < -0.4 is 5.32 Å². The van der Waals surface area contributed by atoms with Crippen LogP contribution in [-0.4, -0.2) is 40.9 Å². The third-order valence-corrected chi connectivity index (χ3v) is 5.44. The predicted molar refractivity (Wildman–Crippen MR) is 102 cm³/mol. The van der Waals surface area contributed by atoms with Gasteiger partial charge in [-0.15, -0.1) is 11.8 Å². The van der Waals surface area contributed by atoms with E-state index in [2.05, 4.69) is 5.32 Å². The van der Waals surface area contributed by atoms with Crippen LogP contribution in [0.5, 0.6) is 0 Å². The van der Waals surface area contributed by atoms with Gasteiger partial charge in [0.2, 0.25) is 5.91 Å². The van der Waals surface area contributed by atoms with Gasteiger partial charge in [-0.3, -0.25) is 9.59 Å². The molecule has 2 aromatic carbocycles. The molecule has 2 amide bonds. The Morgan fingerprint density at radius 2 is 1.81 bits per heavy atom. The zero-order valence-corrected chi connectivity index (χ0v) is 15.8. The van der Waals surface area contributed by atoms with Crippen LogP contribution in [0.3, 0.4) is 0 Å². The summed E-state index contributed by atoms with van der Waals surface area (Å²) in [5.74, 6) is -0.885. The van der Waals surface area contributed by atoms with Crippen molar-refractivity contribution in [2.45, 2.75) is 12.5 Å². The number of carbonyl (C=O) groups is 2. The Kier molecular flexibility index (Phi) is 6.34. The molecule has 0 saturated carbocycles. The van der Waals surface area contributed by atoms with E-state index < -0.39 is 17.7 Å². The van der Waals surface area contributed by atoms with Gasteiger partial charge in [0.1, 0.15) is 17.7 Å². The topological polar surface area (TPSA) is 49.4 Å². The monoisotopic (exact) mass is 410 g/mol. The van der Waals surface area contributed by atoms with Crippen molar-refractivity contribution in [2.24, 2.45) is 0 Å². The summed E-state index contributed by atoms with van der Waals surface area (Å²) in [6, 6.07) is 9.20. The van der Waals surface area contributed by atoms with Crippen LogP contribution in [0.25, 0.3) is 0 Å². The Balaban J connectivity index is 1.58. The van der Waals surface area contributed by atoms with E-state index in [4.69, 9.17) is 11.6 Å². The highest BCUT2D eigenvalue weighted by atomic mass is 35.5. The number of benzene rings is 2. The van der Waals surface area contributed by atoms with Gasteiger partial charge in [-0.1, -0.05) is 11.6 Å². The molecule has 142 valence electrons. The van der Waals surface area contributed by atoms with E-state index in [0.29, 0.717) is 34.2 Å². The maximum absolute atomic E-state index is 13.2. The van der Waals surface area contributed by atoms with Crippen LogP contribution >= 0.6 is 23.4 Å². The third kappa shape index (κ3) is 4.99. The molecular weight excluding hydrogens is 394 g/mol. The number of amides is 2. The second-order valence-corrected chi connectivity index (χ2v) is 7.55. The maximum atomic E-state index is 13.2. The predicted octanol–water partition coefficient (Wildman–Crippen LogP) is 3.49. The van der Waals surface area contributed by atoms with Crippen molar-refractivity contribution in [1.29, 1.82) is 0 Å². The molecule has 1 fully saturated rings. The lowest BCUT2D eigenvalue weighted by atomic mass is 10.1. The number of thioether (sulfide) groups is 1. The van der Waals surface area contributed by atoms with E-state index >= 15 is 0 Å². The van der Waals surface area contributed by atoms with E-state index in [0.717, 1.165) is 6.07 Å². The summed E-state index contributed by atoms with van der Waals surface area (Å²) < 4.78 is 26.4. The first kappa shape index (κ1) is 19.6. The molecule has 1 aliphatic heterocycles. The highest BCUT2D eigenvalue weighted by Crippen LogP contribution is 2.24. The highest BCUT2D eigenvalue weighted by Gasteiger charge is 2.34. The molecule has 1 unspecified atom stereocenters. The maximum Gasteiger partial charge on any atom is 0.255 e. The Hall–Kier alpha value is -2.12. The molecule has 3 rings (SSSR count).